The summed E-state index contributed by atoms with van der Waals surface area (Å²) >= 11 is 0. The molecular weight excluding hydrogens is 388 g/mol. The predicted molar refractivity (Wildman–Crippen MR) is 124 cm³/mol. The van der Waals surface area contributed by atoms with E-state index in [1.807, 2.05) is 6.07 Å². The van der Waals surface area contributed by atoms with Crippen LogP contribution in [0.4, 0.5) is 4.79 Å². The quantitative estimate of drug-likeness (QED) is 0.550. The van der Waals surface area contributed by atoms with Crippen LogP contribution in [0.25, 0.3) is 10.8 Å². The van der Waals surface area contributed by atoms with Gasteiger partial charge in [-0.05, 0) is 59.2 Å². The van der Waals surface area contributed by atoms with Crippen LogP contribution in [-0.2, 0) is 6.54 Å². The molecule has 5 heteroatoms. The van der Waals surface area contributed by atoms with Gasteiger partial charge in [-0.3, -0.25) is 0 Å². The van der Waals surface area contributed by atoms with Gasteiger partial charge in [-0.25, -0.2) is 4.79 Å². The minimum Gasteiger partial charge on any atom is -0.496 e. The minimum absolute atomic E-state index is 0.218. The number of benzene rings is 3. The Morgan fingerprint density at radius 2 is 1.87 bits per heavy atom. The first-order valence-electron chi connectivity index (χ1n) is 10.9. The molecule has 1 aliphatic rings. The molecule has 2 N–H and O–H groups in total. The molecule has 0 radical (unpaired) electrons. The fourth-order valence-corrected chi connectivity index (χ4v) is 4.60. The maximum atomic E-state index is 11.2. The highest BCUT2D eigenvalue weighted by atomic mass is 16.5. The van der Waals surface area contributed by atoms with E-state index in [1.54, 1.807) is 7.11 Å². The Morgan fingerprint density at radius 3 is 2.61 bits per heavy atom. The van der Waals surface area contributed by atoms with Crippen molar-refractivity contribution in [1.82, 2.24) is 10.2 Å². The molecule has 1 saturated heterocycles. The number of nitrogens with one attached hydrogen (secondary N) is 1. The Bertz CT molecular complexity index is 1050. The van der Waals surface area contributed by atoms with Crippen molar-refractivity contribution in [2.24, 2.45) is 0 Å². The lowest BCUT2D eigenvalue weighted by Gasteiger charge is -2.31. The standard InChI is InChI=1S/C26H30N2O3/c1-18(22-9-5-7-20-6-3-4-8-23(20)22)27-17-19-10-11-25(31-2)24(16-19)21-12-14-28(15-13-21)26(29)30/h3-11,16,18,21,27H,12-15,17H2,1-2H3,(H,29,30)/t18-/m1/s1. The Hall–Kier alpha value is -3.05. The molecule has 5 nitrogen and oxygen atoms in total. The average molecular weight is 419 g/mol. The van der Waals surface area contributed by atoms with Crippen molar-refractivity contribution in [3.63, 3.8) is 0 Å². The van der Waals surface area contributed by atoms with E-state index in [0.717, 1.165) is 25.1 Å². The number of nitrogens with zero attached hydrogens (tertiary/aromatic N) is 1. The largest absolute Gasteiger partial charge is 0.496 e. The molecule has 0 spiro atoms. The van der Waals surface area contributed by atoms with Crippen LogP contribution in [0.3, 0.4) is 0 Å². The molecule has 0 saturated carbocycles. The first-order valence-corrected chi connectivity index (χ1v) is 10.9. The van der Waals surface area contributed by atoms with E-state index in [2.05, 4.69) is 66.8 Å². The van der Waals surface area contributed by atoms with Crippen LogP contribution in [0.15, 0.2) is 60.7 Å². The predicted octanol–water partition coefficient (Wildman–Crippen LogP) is 5.56. The maximum absolute atomic E-state index is 11.2. The minimum atomic E-state index is -0.828. The van der Waals surface area contributed by atoms with E-state index in [4.69, 9.17) is 4.74 Å². The van der Waals surface area contributed by atoms with Crippen molar-refractivity contribution in [2.75, 3.05) is 20.2 Å². The van der Waals surface area contributed by atoms with Gasteiger partial charge >= 0.3 is 6.09 Å². The van der Waals surface area contributed by atoms with Crippen LogP contribution < -0.4 is 10.1 Å². The van der Waals surface area contributed by atoms with Gasteiger partial charge in [-0.2, -0.15) is 0 Å². The number of carboxylic acid groups (broad SMARTS) is 1. The number of likely N-dealkylation sites (tertiary alicyclic amines) is 1. The van der Waals surface area contributed by atoms with E-state index < -0.39 is 6.09 Å². The van der Waals surface area contributed by atoms with Gasteiger partial charge in [0, 0.05) is 25.7 Å². The number of carbonyl (C=O) groups is 1. The van der Waals surface area contributed by atoms with Gasteiger partial charge in [0.15, 0.2) is 0 Å². The number of rotatable bonds is 6. The lowest BCUT2D eigenvalue weighted by atomic mass is 9.88. The number of amides is 1. The van der Waals surface area contributed by atoms with Gasteiger partial charge in [-0.15, -0.1) is 0 Å². The fraction of sp³-hybridized carbons (Fsp3) is 0.346. The summed E-state index contributed by atoms with van der Waals surface area (Å²) < 4.78 is 5.62. The molecule has 1 amide bonds. The fourth-order valence-electron chi connectivity index (χ4n) is 4.60. The molecule has 4 rings (SSSR count). The Morgan fingerprint density at radius 1 is 1.13 bits per heavy atom. The van der Waals surface area contributed by atoms with E-state index in [9.17, 15) is 9.90 Å². The first-order chi connectivity index (χ1) is 15.1. The first kappa shape index (κ1) is 21.2. The van der Waals surface area contributed by atoms with Crippen molar-refractivity contribution in [1.29, 1.82) is 0 Å². The number of piperidine rings is 1. The third kappa shape index (κ3) is 4.67. The molecule has 0 aliphatic carbocycles. The molecule has 0 unspecified atom stereocenters. The van der Waals surface area contributed by atoms with Gasteiger partial charge < -0.3 is 20.1 Å². The van der Waals surface area contributed by atoms with E-state index in [1.165, 1.54) is 32.4 Å². The van der Waals surface area contributed by atoms with Crippen LogP contribution in [-0.4, -0.2) is 36.3 Å². The second-order valence-corrected chi connectivity index (χ2v) is 8.29. The van der Waals surface area contributed by atoms with Gasteiger partial charge in [0.2, 0.25) is 0 Å². The van der Waals surface area contributed by atoms with Crippen molar-refractivity contribution >= 4 is 16.9 Å². The lowest BCUT2D eigenvalue weighted by molar-refractivity contribution is 0.132. The van der Waals surface area contributed by atoms with Crippen LogP contribution in [0.2, 0.25) is 0 Å². The van der Waals surface area contributed by atoms with Gasteiger partial charge in [0.1, 0.15) is 5.75 Å². The molecule has 0 bridgehead atoms. The summed E-state index contributed by atoms with van der Waals surface area (Å²) in [6, 6.07) is 21.5. The number of hydrogen-bond acceptors (Lipinski definition) is 3. The summed E-state index contributed by atoms with van der Waals surface area (Å²) in [5.74, 6) is 1.21. The maximum Gasteiger partial charge on any atom is 0.407 e. The molecule has 3 aromatic rings. The van der Waals surface area contributed by atoms with Gasteiger partial charge in [0.05, 0.1) is 7.11 Å². The third-order valence-corrected chi connectivity index (χ3v) is 6.40. The zero-order chi connectivity index (χ0) is 21.8. The van der Waals surface area contributed by atoms with E-state index >= 15 is 0 Å². The van der Waals surface area contributed by atoms with Crippen molar-refractivity contribution in [2.45, 2.75) is 38.3 Å². The monoisotopic (exact) mass is 418 g/mol. The number of hydrogen-bond donors (Lipinski definition) is 2. The average Bonchev–Trinajstić information content (AvgIpc) is 2.82. The van der Waals surface area contributed by atoms with E-state index in [-0.39, 0.29) is 6.04 Å². The molecule has 1 heterocycles. The highest BCUT2D eigenvalue weighted by molar-refractivity contribution is 5.86. The van der Waals surface area contributed by atoms with Crippen LogP contribution >= 0.6 is 0 Å². The molecule has 1 aliphatic heterocycles. The summed E-state index contributed by atoms with van der Waals surface area (Å²) in [7, 11) is 1.70. The van der Waals surface area contributed by atoms with Gasteiger partial charge in [0.25, 0.3) is 0 Å². The van der Waals surface area contributed by atoms with Crippen molar-refractivity contribution in [3.8, 4) is 5.75 Å². The summed E-state index contributed by atoms with van der Waals surface area (Å²) in [5, 5.41) is 15.4. The molecule has 1 fully saturated rings. The smallest absolute Gasteiger partial charge is 0.407 e. The van der Waals surface area contributed by atoms with Crippen molar-refractivity contribution in [3.05, 3.63) is 77.4 Å². The zero-order valence-corrected chi connectivity index (χ0v) is 18.2. The Labute approximate surface area is 183 Å². The number of fused-ring (bicyclic) bond motifs is 1. The molecule has 1 atom stereocenters. The number of ether oxygens (including phenoxy) is 1. The highest BCUT2D eigenvalue weighted by Gasteiger charge is 2.25. The Balaban J connectivity index is 1.48. The van der Waals surface area contributed by atoms with Crippen LogP contribution in [0, 0.1) is 0 Å². The topological polar surface area (TPSA) is 61.8 Å². The lowest BCUT2D eigenvalue weighted by Crippen LogP contribution is -2.36. The normalized spacial score (nSPS) is 15.7. The zero-order valence-electron chi connectivity index (χ0n) is 18.2. The van der Waals surface area contributed by atoms with Gasteiger partial charge in [-0.1, -0.05) is 54.6 Å². The SMILES string of the molecule is COc1ccc(CN[C@H](C)c2cccc3ccccc23)cc1C1CCN(C(=O)O)CC1. The molecule has 0 aromatic heterocycles. The number of methoxy groups -OCH3 is 1. The second kappa shape index (κ2) is 9.40. The second-order valence-electron chi connectivity index (χ2n) is 8.29. The van der Waals surface area contributed by atoms with Crippen molar-refractivity contribution < 1.29 is 14.6 Å². The highest BCUT2D eigenvalue weighted by Crippen LogP contribution is 2.35. The van der Waals surface area contributed by atoms with Crippen LogP contribution in [0.5, 0.6) is 5.75 Å². The van der Waals surface area contributed by atoms with E-state index in [0.29, 0.717) is 19.0 Å². The molecule has 162 valence electrons. The molecule has 31 heavy (non-hydrogen) atoms. The molecule has 3 aromatic carbocycles. The Kier molecular flexibility index (Phi) is 6.42. The van der Waals surface area contributed by atoms with Crippen LogP contribution in [0.1, 0.15) is 48.4 Å². The summed E-state index contributed by atoms with van der Waals surface area (Å²) in [6.07, 6.45) is 0.823. The summed E-state index contributed by atoms with van der Waals surface area (Å²) in [6.45, 7) is 4.11. The summed E-state index contributed by atoms with van der Waals surface area (Å²) in [4.78, 5) is 12.7. The molecular formula is C26H30N2O3. The summed E-state index contributed by atoms with van der Waals surface area (Å²) in [5.41, 5.74) is 3.70. The third-order valence-electron chi connectivity index (χ3n) is 6.40.